The molecule has 0 spiro atoms. The summed E-state index contributed by atoms with van der Waals surface area (Å²) >= 11 is 0. The molecule has 0 radical (unpaired) electrons. The van der Waals surface area contributed by atoms with Gasteiger partial charge in [-0.2, -0.15) is 0 Å². The Kier molecular flexibility index (Phi) is 5.71. The quantitative estimate of drug-likeness (QED) is 0.635. The van der Waals surface area contributed by atoms with Gasteiger partial charge in [0.05, 0.1) is 0 Å². The van der Waals surface area contributed by atoms with Gasteiger partial charge in [0.2, 0.25) is 5.91 Å². The minimum Gasteiger partial charge on any atom is -0.356 e. The summed E-state index contributed by atoms with van der Waals surface area (Å²) in [5, 5.41) is 2.84. The molecule has 0 aliphatic carbocycles. The predicted octanol–water partition coefficient (Wildman–Crippen LogP) is 1.28. The molecule has 0 heterocycles. The molecule has 0 fully saturated rings. The van der Waals surface area contributed by atoms with Crippen molar-refractivity contribution in [3.63, 3.8) is 0 Å². The molecule has 0 aliphatic rings. The molecular formula is C10H22N2O. The zero-order chi connectivity index (χ0) is 10.3. The van der Waals surface area contributed by atoms with Crippen molar-refractivity contribution in [2.24, 2.45) is 11.1 Å². The molecule has 0 aromatic heterocycles. The highest BCUT2D eigenvalue weighted by molar-refractivity contribution is 5.75. The van der Waals surface area contributed by atoms with Gasteiger partial charge < -0.3 is 11.1 Å². The lowest BCUT2D eigenvalue weighted by Crippen LogP contribution is -2.26. The molecule has 0 rings (SSSR count). The van der Waals surface area contributed by atoms with Crippen LogP contribution in [0.4, 0.5) is 0 Å². The van der Waals surface area contributed by atoms with E-state index in [2.05, 4.69) is 26.1 Å². The molecular weight excluding hydrogens is 164 g/mol. The normalized spacial score (nSPS) is 11.4. The van der Waals surface area contributed by atoms with E-state index in [0.717, 1.165) is 12.8 Å². The van der Waals surface area contributed by atoms with Gasteiger partial charge in [-0.25, -0.2) is 0 Å². The summed E-state index contributed by atoms with van der Waals surface area (Å²) in [7, 11) is 0. The van der Waals surface area contributed by atoms with Crippen LogP contribution in [-0.2, 0) is 4.79 Å². The molecule has 0 saturated heterocycles. The van der Waals surface area contributed by atoms with E-state index in [9.17, 15) is 4.79 Å². The second-order valence-corrected chi connectivity index (χ2v) is 4.55. The Labute approximate surface area is 81.1 Å². The van der Waals surface area contributed by atoms with E-state index in [1.807, 2.05) is 0 Å². The fourth-order valence-electron chi connectivity index (χ4n) is 0.907. The van der Waals surface area contributed by atoms with Gasteiger partial charge in [0.25, 0.3) is 0 Å². The monoisotopic (exact) mass is 186 g/mol. The van der Waals surface area contributed by atoms with Crippen LogP contribution < -0.4 is 11.1 Å². The summed E-state index contributed by atoms with van der Waals surface area (Å²) in [6.07, 6.45) is 2.41. The van der Waals surface area contributed by atoms with Gasteiger partial charge in [-0.05, 0) is 24.8 Å². The van der Waals surface area contributed by atoms with E-state index in [0.29, 0.717) is 19.5 Å². The van der Waals surface area contributed by atoms with Crippen molar-refractivity contribution in [1.82, 2.24) is 5.32 Å². The standard InChI is InChI=1S/C10H22N2O/c1-10(2,3)6-5-9(13)12-8-4-7-11/h4-8,11H2,1-3H3,(H,12,13). The molecule has 3 nitrogen and oxygen atoms in total. The Balaban J connectivity index is 3.41. The van der Waals surface area contributed by atoms with E-state index < -0.39 is 0 Å². The molecule has 0 aromatic carbocycles. The molecule has 0 aromatic rings. The van der Waals surface area contributed by atoms with Gasteiger partial charge in [0.1, 0.15) is 0 Å². The first kappa shape index (κ1) is 12.4. The second kappa shape index (κ2) is 5.97. The lowest BCUT2D eigenvalue weighted by molar-refractivity contribution is -0.121. The summed E-state index contributed by atoms with van der Waals surface area (Å²) in [6, 6.07) is 0. The van der Waals surface area contributed by atoms with E-state index in [4.69, 9.17) is 5.73 Å². The zero-order valence-electron chi connectivity index (χ0n) is 9.02. The molecule has 0 atom stereocenters. The molecule has 0 aliphatic heterocycles. The van der Waals surface area contributed by atoms with Crippen LogP contribution in [0.5, 0.6) is 0 Å². The summed E-state index contributed by atoms with van der Waals surface area (Å²) in [4.78, 5) is 11.2. The number of hydrogen-bond donors (Lipinski definition) is 2. The molecule has 3 heteroatoms. The lowest BCUT2D eigenvalue weighted by atomic mass is 9.90. The van der Waals surface area contributed by atoms with Crippen molar-refractivity contribution in [2.75, 3.05) is 13.1 Å². The maximum atomic E-state index is 11.2. The summed E-state index contributed by atoms with van der Waals surface area (Å²) < 4.78 is 0. The Morgan fingerprint density at radius 2 is 2.00 bits per heavy atom. The first-order valence-electron chi connectivity index (χ1n) is 4.92. The average molecular weight is 186 g/mol. The Morgan fingerprint density at radius 1 is 1.38 bits per heavy atom. The van der Waals surface area contributed by atoms with Crippen LogP contribution in [0.3, 0.4) is 0 Å². The highest BCUT2D eigenvalue weighted by Gasteiger charge is 2.12. The third kappa shape index (κ3) is 9.34. The summed E-state index contributed by atoms with van der Waals surface area (Å²) in [5.41, 5.74) is 5.55. The van der Waals surface area contributed by atoms with Crippen LogP contribution in [0, 0.1) is 5.41 Å². The van der Waals surface area contributed by atoms with Crippen molar-refractivity contribution < 1.29 is 4.79 Å². The number of carbonyl (C=O) groups is 1. The third-order valence-corrected chi connectivity index (χ3v) is 1.81. The van der Waals surface area contributed by atoms with E-state index >= 15 is 0 Å². The van der Waals surface area contributed by atoms with Gasteiger partial charge in [-0.1, -0.05) is 20.8 Å². The SMILES string of the molecule is CC(C)(C)CCC(=O)NCCCN. The number of rotatable bonds is 5. The molecule has 0 saturated carbocycles. The van der Waals surface area contributed by atoms with Crippen LogP contribution in [-0.4, -0.2) is 19.0 Å². The van der Waals surface area contributed by atoms with E-state index in [1.54, 1.807) is 0 Å². The maximum absolute atomic E-state index is 11.2. The maximum Gasteiger partial charge on any atom is 0.220 e. The van der Waals surface area contributed by atoms with Crippen molar-refractivity contribution >= 4 is 5.91 Å². The zero-order valence-corrected chi connectivity index (χ0v) is 9.02. The van der Waals surface area contributed by atoms with Gasteiger partial charge in [-0.3, -0.25) is 4.79 Å². The van der Waals surface area contributed by atoms with Crippen LogP contribution >= 0.6 is 0 Å². The predicted molar refractivity (Wildman–Crippen MR) is 55.4 cm³/mol. The number of nitrogens with one attached hydrogen (secondary N) is 1. The molecule has 0 bridgehead atoms. The topological polar surface area (TPSA) is 55.1 Å². The first-order chi connectivity index (χ1) is 5.95. The second-order valence-electron chi connectivity index (χ2n) is 4.55. The number of amides is 1. The molecule has 3 N–H and O–H groups in total. The molecule has 78 valence electrons. The first-order valence-corrected chi connectivity index (χ1v) is 4.92. The summed E-state index contributed by atoms with van der Waals surface area (Å²) in [6.45, 7) is 7.76. The fraction of sp³-hybridized carbons (Fsp3) is 0.900. The number of nitrogens with two attached hydrogens (primary N) is 1. The fourth-order valence-corrected chi connectivity index (χ4v) is 0.907. The van der Waals surface area contributed by atoms with Gasteiger partial charge >= 0.3 is 0 Å². The minimum absolute atomic E-state index is 0.142. The van der Waals surface area contributed by atoms with Crippen molar-refractivity contribution in [3.8, 4) is 0 Å². The minimum atomic E-state index is 0.142. The third-order valence-electron chi connectivity index (χ3n) is 1.81. The van der Waals surface area contributed by atoms with Crippen LogP contribution in [0.1, 0.15) is 40.0 Å². The Hall–Kier alpha value is -0.570. The molecule has 13 heavy (non-hydrogen) atoms. The molecule has 1 amide bonds. The van der Waals surface area contributed by atoms with Crippen LogP contribution in [0.25, 0.3) is 0 Å². The highest BCUT2D eigenvalue weighted by atomic mass is 16.1. The van der Waals surface area contributed by atoms with Gasteiger partial charge in [0, 0.05) is 13.0 Å². The van der Waals surface area contributed by atoms with Crippen LogP contribution in [0.15, 0.2) is 0 Å². The van der Waals surface area contributed by atoms with E-state index in [-0.39, 0.29) is 11.3 Å². The lowest BCUT2D eigenvalue weighted by Gasteiger charge is -2.17. The van der Waals surface area contributed by atoms with E-state index in [1.165, 1.54) is 0 Å². The highest BCUT2D eigenvalue weighted by Crippen LogP contribution is 2.19. The summed E-state index contributed by atoms with van der Waals surface area (Å²) in [5.74, 6) is 0.142. The van der Waals surface area contributed by atoms with Crippen molar-refractivity contribution in [2.45, 2.75) is 40.0 Å². The Bertz CT molecular complexity index is 149. The molecule has 0 unspecified atom stereocenters. The Morgan fingerprint density at radius 3 is 2.46 bits per heavy atom. The smallest absolute Gasteiger partial charge is 0.220 e. The van der Waals surface area contributed by atoms with Gasteiger partial charge in [-0.15, -0.1) is 0 Å². The average Bonchev–Trinajstić information content (AvgIpc) is 2.00. The largest absolute Gasteiger partial charge is 0.356 e. The number of carbonyl (C=O) groups excluding carboxylic acids is 1. The van der Waals surface area contributed by atoms with Crippen molar-refractivity contribution in [3.05, 3.63) is 0 Å². The number of hydrogen-bond acceptors (Lipinski definition) is 2. The van der Waals surface area contributed by atoms with Gasteiger partial charge in [0.15, 0.2) is 0 Å². The van der Waals surface area contributed by atoms with Crippen LogP contribution in [0.2, 0.25) is 0 Å². The van der Waals surface area contributed by atoms with Crippen molar-refractivity contribution in [1.29, 1.82) is 0 Å².